The summed E-state index contributed by atoms with van der Waals surface area (Å²) in [6.45, 7) is 0. The molecule has 0 aliphatic heterocycles. The van der Waals surface area contributed by atoms with E-state index in [2.05, 4.69) is 20.0 Å². The number of aromatic nitrogens is 4. The second kappa shape index (κ2) is 5.80. The van der Waals surface area contributed by atoms with Crippen LogP contribution in [-0.4, -0.2) is 32.9 Å². The summed E-state index contributed by atoms with van der Waals surface area (Å²) < 4.78 is 49.0. The molecule has 2 heterocycles. The van der Waals surface area contributed by atoms with Gasteiger partial charge in [-0.3, -0.25) is 0 Å². The first kappa shape index (κ1) is 15.7. The highest BCUT2D eigenvalue weighted by Gasteiger charge is 2.37. The molecule has 1 aromatic carbocycles. The first-order valence-electron chi connectivity index (χ1n) is 6.54. The first-order valence-corrected chi connectivity index (χ1v) is 6.54. The molecule has 0 saturated heterocycles. The molecule has 0 amide bonds. The van der Waals surface area contributed by atoms with E-state index in [1.807, 2.05) is 0 Å². The maximum absolute atomic E-state index is 12.8. The van der Waals surface area contributed by atoms with Crippen molar-refractivity contribution in [3.05, 3.63) is 47.8 Å². The van der Waals surface area contributed by atoms with Crippen molar-refractivity contribution in [3.8, 4) is 11.6 Å². The first-order chi connectivity index (χ1) is 11.4. The molecule has 3 rings (SSSR count). The van der Waals surface area contributed by atoms with E-state index < -0.39 is 18.0 Å². The third kappa shape index (κ3) is 2.98. The van der Waals surface area contributed by atoms with Crippen LogP contribution >= 0.6 is 0 Å². The second-order valence-corrected chi connectivity index (χ2v) is 4.58. The summed E-state index contributed by atoms with van der Waals surface area (Å²) in [5.41, 5.74) is 0.161. The average molecular weight is 338 g/mol. The largest absolute Gasteiger partial charge is 0.465 e. The minimum Gasteiger partial charge on any atom is -0.465 e. The second-order valence-electron chi connectivity index (χ2n) is 4.58. The quantitative estimate of drug-likeness (QED) is 0.683. The minimum absolute atomic E-state index is 0.0713. The molecule has 7 nitrogen and oxygen atoms in total. The number of carbonyl (C=O) groups is 1. The Labute approximate surface area is 132 Å². The van der Waals surface area contributed by atoms with Gasteiger partial charge in [0.1, 0.15) is 5.75 Å². The lowest BCUT2D eigenvalue weighted by Gasteiger charge is -2.07. The van der Waals surface area contributed by atoms with Crippen molar-refractivity contribution < 1.29 is 27.4 Å². The number of methoxy groups -OCH3 is 1. The molecule has 0 aliphatic rings. The molecule has 0 fully saturated rings. The maximum atomic E-state index is 12.8. The van der Waals surface area contributed by atoms with Gasteiger partial charge in [-0.25, -0.2) is 4.79 Å². The number of alkyl halides is 3. The molecular formula is C14H9F3N4O3. The molecule has 3 aromatic rings. The van der Waals surface area contributed by atoms with Crippen molar-refractivity contribution in [1.29, 1.82) is 0 Å². The highest BCUT2D eigenvalue weighted by Crippen LogP contribution is 2.28. The van der Waals surface area contributed by atoms with Crippen LogP contribution in [0.1, 0.15) is 16.2 Å². The van der Waals surface area contributed by atoms with Gasteiger partial charge in [0, 0.05) is 6.07 Å². The van der Waals surface area contributed by atoms with Gasteiger partial charge in [0.25, 0.3) is 5.82 Å². The van der Waals surface area contributed by atoms with Crippen LogP contribution < -0.4 is 4.74 Å². The number of ether oxygens (including phenoxy) is 2. The van der Waals surface area contributed by atoms with Crippen LogP contribution in [-0.2, 0) is 10.9 Å². The van der Waals surface area contributed by atoms with E-state index in [0.29, 0.717) is 4.52 Å². The van der Waals surface area contributed by atoms with E-state index in [-0.39, 0.29) is 22.8 Å². The Morgan fingerprint density at radius 1 is 1.17 bits per heavy atom. The minimum atomic E-state index is -4.70. The van der Waals surface area contributed by atoms with Gasteiger partial charge < -0.3 is 9.47 Å². The van der Waals surface area contributed by atoms with Crippen molar-refractivity contribution in [2.45, 2.75) is 6.18 Å². The zero-order valence-corrected chi connectivity index (χ0v) is 12.1. The molecule has 0 N–H and O–H groups in total. The van der Waals surface area contributed by atoms with Crippen molar-refractivity contribution in [3.63, 3.8) is 0 Å². The van der Waals surface area contributed by atoms with Crippen LogP contribution in [0.15, 0.2) is 36.4 Å². The molecular weight excluding hydrogens is 329 g/mol. The molecule has 24 heavy (non-hydrogen) atoms. The van der Waals surface area contributed by atoms with Crippen molar-refractivity contribution in [2.24, 2.45) is 0 Å². The smallest absolute Gasteiger partial charge is 0.453 e. The summed E-state index contributed by atoms with van der Waals surface area (Å²) in [5.74, 6) is -1.73. The monoisotopic (exact) mass is 338 g/mol. The maximum Gasteiger partial charge on any atom is 0.453 e. The van der Waals surface area contributed by atoms with Crippen LogP contribution in [0.2, 0.25) is 0 Å². The number of hydrogen-bond donors (Lipinski definition) is 0. The Kier molecular flexibility index (Phi) is 3.80. The van der Waals surface area contributed by atoms with E-state index in [9.17, 15) is 18.0 Å². The van der Waals surface area contributed by atoms with Gasteiger partial charge in [-0.2, -0.15) is 17.7 Å². The topological polar surface area (TPSA) is 78.6 Å². The third-order valence-electron chi connectivity index (χ3n) is 2.97. The normalized spacial score (nSPS) is 11.5. The van der Waals surface area contributed by atoms with Crippen molar-refractivity contribution in [2.75, 3.05) is 7.11 Å². The fourth-order valence-corrected chi connectivity index (χ4v) is 1.93. The molecule has 0 bridgehead atoms. The number of carbonyl (C=O) groups excluding carboxylic acids is 1. The Bertz CT molecular complexity index is 908. The molecule has 2 aromatic heterocycles. The molecule has 0 radical (unpaired) electrons. The van der Waals surface area contributed by atoms with Gasteiger partial charge in [-0.1, -0.05) is 6.07 Å². The van der Waals surface area contributed by atoms with Gasteiger partial charge in [0.15, 0.2) is 5.65 Å². The highest BCUT2D eigenvalue weighted by atomic mass is 19.4. The van der Waals surface area contributed by atoms with Crippen molar-refractivity contribution in [1.82, 2.24) is 19.8 Å². The van der Waals surface area contributed by atoms with Crippen LogP contribution in [0, 0.1) is 0 Å². The number of rotatable bonds is 3. The number of fused-ring (bicyclic) bond motifs is 1. The van der Waals surface area contributed by atoms with Crippen LogP contribution in [0.25, 0.3) is 5.65 Å². The Morgan fingerprint density at radius 3 is 2.67 bits per heavy atom. The molecule has 0 spiro atoms. The molecule has 0 saturated carbocycles. The van der Waals surface area contributed by atoms with Gasteiger partial charge in [0.2, 0.25) is 5.88 Å². The van der Waals surface area contributed by atoms with Gasteiger partial charge in [0.05, 0.1) is 12.7 Å². The lowest BCUT2D eigenvalue weighted by atomic mass is 10.2. The molecule has 124 valence electrons. The standard InChI is InChI=1S/C14H9F3N4O3/c1-23-12(22)8-3-2-4-9(7-8)24-11-6-5-10-18-19-13(14(15,16)17)21(10)20-11/h2-7H,1H3. The molecule has 0 unspecified atom stereocenters. The summed E-state index contributed by atoms with van der Waals surface area (Å²) in [6.07, 6.45) is -4.70. The number of halogens is 3. The van der Waals surface area contributed by atoms with Crippen LogP contribution in [0.4, 0.5) is 13.2 Å². The number of nitrogens with zero attached hydrogens (tertiary/aromatic N) is 4. The number of benzene rings is 1. The summed E-state index contributed by atoms with van der Waals surface area (Å²) in [6, 6.07) is 8.59. The van der Waals surface area contributed by atoms with E-state index >= 15 is 0 Å². The van der Waals surface area contributed by atoms with Gasteiger partial charge in [-0.15, -0.1) is 15.3 Å². The summed E-state index contributed by atoms with van der Waals surface area (Å²) in [5, 5.41) is 10.2. The van der Waals surface area contributed by atoms with E-state index in [4.69, 9.17) is 4.74 Å². The Morgan fingerprint density at radius 2 is 1.96 bits per heavy atom. The highest BCUT2D eigenvalue weighted by molar-refractivity contribution is 5.89. The fraction of sp³-hybridized carbons (Fsp3) is 0.143. The van der Waals surface area contributed by atoms with Crippen molar-refractivity contribution >= 4 is 11.6 Å². The van der Waals surface area contributed by atoms with Gasteiger partial charge in [-0.05, 0) is 24.3 Å². The number of hydrogen-bond acceptors (Lipinski definition) is 6. The number of esters is 1. The molecule has 10 heteroatoms. The van der Waals surface area contributed by atoms with E-state index in [1.54, 1.807) is 6.07 Å². The third-order valence-corrected chi connectivity index (χ3v) is 2.97. The lowest BCUT2D eigenvalue weighted by Crippen LogP contribution is -2.12. The SMILES string of the molecule is COC(=O)c1cccc(Oc2ccc3nnc(C(F)(F)F)n3n2)c1. The summed E-state index contributed by atoms with van der Waals surface area (Å²) >= 11 is 0. The zero-order chi connectivity index (χ0) is 17.3. The Hall–Kier alpha value is -3.17. The predicted octanol–water partition coefficient (Wildman–Crippen LogP) is 2.72. The fourth-order valence-electron chi connectivity index (χ4n) is 1.93. The van der Waals surface area contributed by atoms with E-state index in [0.717, 1.165) is 0 Å². The molecule has 0 atom stereocenters. The predicted molar refractivity (Wildman–Crippen MR) is 73.6 cm³/mol. The van der Waals surface area contributed by atoms with Gasteiger partial charge >= 0.3 is 12.1 Å². The lowest BCUT2D eigenvalue weighted by molar-refractivity contribution is -0.146. The molecule has 0 aliphatic carbocycles. The van der Waals surface area contributed by atoms with Crippen LogP contribution in [0.5, 0.6) is 11.6 Å². The summed E-state index contributed by atoms with van der Waals surface area (Å²) in [7, 11) is 1.23. The zero-order valence-electron chi connectivity index (χ0n) is 12.1. The summed E-state index contributed by atoms with van der Waals surface area (Å²) in [4.78, 5) is 11.5. The average Bonchev–Trinajstić information content (AvgIpc) is 2.97. The van der Waals surface area contributed by atoms with E-state index in [1.165, 1.54) is 37.4 Å². The Balaban J connectivity index is 1.95. The van der Waals surface area contributed by atoms with Crippen LogP contribution in [0.3, 0.4) is 0 Å².